The van der Waals surface area contributed by atoms with Crippen LogP contribution >= 0.6 is 0 Å². The highest BCUT2D eigenvalue weighted by atomic mass is 19.1. The average molecular weight is 417 g/mol. The van der Waals surface area contributed by atoms with Crippen molar-refractivity contribution in [2.24, 2.45) is 0 Å². The molecule has 1 spiro atoms. The molecule has 2 saturated heterocycles. The van der Waals surface area contributed by atoms with Crippen LogP contribution in [0.15, 0.2) is 60.8 Å². The zero-order chi connectivity index (χ0) is 21.6. The molecule has 0 N–H and O–H groups in total. The third-order valence-electron chi connectivity index (χ3n) is 6.99. The molecule has 3 heterocycles. The Balaban J connectivity index is 1.56. The fourth-order valence-corrected chi connectivity index (χ4v) is 5.34. The quantitative estimate of drug-likeness (QED) is 0.634. The number of aromatic nitrogens is 1. The normalized spacial score (nSPS) is 23.7. The Labute approximate surface area is 180 Å². The van der Waals surface area contributed by atoms with Crippen LogP contribution in [0, 0.1) is 5.82 Å². The average Bonchev–Trinajstić information content (AvgIpc) is 3.17. The molecule has 2 fully saturated rings. The van der Waals surface area contributed by atoms with Crippen LogP contribution in [0.3, 0.4) is 0 Å². The van der Waals surface area contributed by atoms with Gasteiger partial charge in [0, 0.05) is 49.6 Å². The molecular formula is C25H24FN3O2. The van der Waals surface area contributed by atoms with Gasteiger partial charge in [-0.1, -0.05) is 24.3 Å². The van der Waals surface area contributed by atoms with Crippen LogP contribution in [0.1, 0.15) is 41.1 Å². The van der Waals surface area contributed by atoms with Gasteiger partial charge in [0.25, 0.3) is 5.91 Å². The number of pyridine rings is 1. The van der Waals surface area contributed by atoms with Gasteiger partial charge in [0.05, 0.1) is 11.1 Å². The SMILES string of the molecule is CN1C(=O)CCC[C@]12CN(C(=O)c1cccc3ncccc13)C[C@H]2c1ccc(F)cc1. The Morgan fingerprint density at radius 2 is 1.94 bits per heavy atom. The van der Waals surface area contributed by atoms with Crippen LogP contribution < -0.4 is 0 Å². The minimum Gasteiger partial charge on any atom is -0.338 e. The molecule has 0 radical (unpaired) electrons. The van der Waals surface area contributed by atoms with Gasteiger partial charge in [-0.15, -0.1) is 0 Å². The molecule has 2 aliphatic rings. The molecule has 3 aromatic rings. The first-order valence-corrected chi connectivity index (χ1v) is 10.6. The van der Waals surface area contributed by atoms with Gasteiger partial charge in [-0.25, -0.2) is 4.39 Å². The van der Waals surface area contributed by atoms with Crippen molar-refractivity contribution in [3.8, 4) is 0 Å². The van der Waals surface area contributed by atoms with Gasteiger partial charge >= 0.3 is 0 Å². The molecule has 1 aromatic heterocycles. The number of halogens is 1. The number of likely N-dealkylation sites (tertiary alicyclic amines) is 2. The number of hydrogen-bond donors (Lipinski definition) is 0. The van der Waals surface area contributed by atoms with E-state index in [9.17, 15) is 14.0 Å². The number of likely N-dealkylation sites (N-methyl/N-ethyl adjacent to an activating group) is 1. The summed E-state index contributed by atoms with van der Waals surface area (Å²) in [6, 6.07) is 15.8. The van der Waals surface area contributed by atoms with E-state index in [0.717, 1.165) is 29.3 Å². The maximum absolute atomic E-state index is 13.6. The molecule has 31 heavy (non-hydrogen) atoms. The van der Waals surface area contributed by atoms with Crippen molar-refractivity contribution in [2.75, 3.05) is 20.1 Å². The Kier molecular flexibility index (Phi) is 4.73. The lowest BCUT2D eigenvalue weighted by atomic mass is 9.75. The van der Waals surface area contributed by atoms with Crippen molar-refractivity contribution in [1.82, 2.24) is 14.8 Å². The third-order valence-corrected chi connectivity index (χ3v) is 6.99. The minimum atomic E-state index is -0.480. The molecule has 5 nitrogen and oxygen atoms in total. The lowest BCUT2D eigenvalue weighted by molar-refractivity contribution is -0.139. The molecule has 0 aliphatic carbocycles. The Morgan fingerprint density at radius 1 is 1.13 bits per heavy atom. The lowest BCUT2D eigenvalue weighted by Crippen LogP contribution is -2.57. The molecule has 0 saturated carbocycles. The summed E-state index contributed by atoms with van der Waals surface area (Å²) in [4.78, 5) is 34.4. The molecule has 2 atom stereocenters. The number of carbonyl (C=O) groups is 2. The highest BCUT2D eigenvalue weighted by Crippen LogP contribution is 2.46. The Morgan fingerprint density at radius 3 is 2.74 bits per heavy atom. The van der Waals surface area contributed by atoms with E-state index in [2.05, 4.69) is 4.98 Å². The van der Waals surface area contributed by atoms with E-state index < -0.39 is 5.54 Å². The number of rotatable bonds is 2. The summed E-state index contributed by atoms with van der Waals surface area (Å²) in [5, 5.41) is 0.822. The number of piperidine rings is 1. The van der Waals surface area contributed by atoms with E-state index >= 15 is 0 Å². The van der Waals surface area contributed by atoms with Gasteiger partial charge in [-0.05, 0) is 48.7 Å². The minimum absolute atomic E-state index is 0.0611. The number of hydrogen-bond acceptors (Lipinski definition) is 3. The van der Waals surface area contributed by atoms with E-state index in [-0.39, 0.29) is 23.5 Å². The molecule has 6 heteroatoms. The second-order valence-electron chi connectivity index (χ2n) is 8.58. The first-order chi connectivity index (χ1) is 15.0. The lowest BCUT2D eigenvalue weighted by Gasteiger charge is -2.46. The van der Waals surface area contributed by atoms with E-state index in [1.54, 1.807) is 18.3 Å². The molecule has 2 aromatic carbocycles. The summed E-state index contributed by atoms with van der Waals surface area (Å²) in [6.07, 6.45) is 3.85. The van der Waals surface area contributed by atoms with Crippen molar-refractivity contribution in [2.45, 2.75) is 30.7 Å². The van der Waals surface area contributed by atoms with Crippen molar-refractivity contribution in [3.05, 3.63) is 77.7 Å². The molecular weight excluding hydrogens is 393 g/mol. The summed E-state index contributed by atoms with van der Waals surface area (Å²) in [5.74, 6) is -0.324. The number of benzene rings is 2. The summed E-state index contributed by atoms with van der Waals surface area (Å²) >= 11 is 0. The summed E-state index contributed by atoms with van der Waals surface area (Å²) < 4.78 is 13.6. The van der Waals surface area contributed by atoms with Crippen LogP contribution in [0.25, 0.3) is 10.9 Å². The topological polar surface area (TPSA) is 53.5 Å². The predicted molar refractivity (Wildman–Crippen MR) is 116 cm³/mol. The fourth-order valence-electron chi connectivity index (χ4n) is 5.34. The summed E-state index contributed by atoms with van der Waals surface area (Å²) in [7, 11) is 1.84. The van der Waals surface area contributed by atoms with E-state index in [0.29, 0.717) is 25.1 Å². The fraction of sp³-hybridized carbons (Fsp3) is 0.320. The van der Waals surface area contributed by atoms with Crippen molar-refractivity contribution < 1.29 is 14.0 Å². The molecule has 2 amide bonds. The van der Waals surface area contributed by atoms with Gasteiger partial charge in [0.2, 0.25) is 5.91 Å². The Hall–Kier alpha value is -3.28. The second kappa shape index (κ2) is 7.45. The molecule has 158 valence electrons. The van der Waals surface area contributed by atoms with Crippen molar-refractivity contribution >= 4 is 22.7 Å². The predicted octanol–water partition coefficient (Wildman–Crippen LogP) is 3.99. The van der Waals surface area contributed by atoms with Crippen LogP contribution in [0.2, 0.25) is 0 Å². The van der Waals surface area contributed by atoms with Crippen molar-refractivity contribution in [3.63, 3.8) is 0 Å². The second-order valence-corrected chi connectivity index (χ2v) is 8.58. The summed E-state index contributed by atoms with van der Waals surface area (Å²) in [5.41, 5.74) is 1.87. The van der Waals surface area contributed by atoms with E-state index in [1.807, 2.05) is 47.2 Å². The molecule has 0 unspecified atom stereocenters. The largest absolute Gasteiger partial charge is 0.338 e. The van der Waals surface area contributed by atoms with Crippen molar-refractivity contribution in [1.29, 1.82) is 0 Å². The highest BCUT2D eigenvalue weighted by molar-refractivity contribution is 6.06. The number of fused-ring (bicyclic) bond motifs is 1. The van der Waals surface area contributed by atoms with Crippen LogP contribution in [0.5, 0.6) is 0 Å². The number of nitrogens with zero attached hydrogens (tertiary/aromatic N) is 3. The molecule has 5 rings (SSSR count). The van der Waals surface area contributed by atoms with Gasteiger partial charge in [0.1, 0.15) is 5.82 Å². The van der Waals surface area contributed by atoms with Crippen LogP contribution in [0.4, 0.5) is 4.39 Å². The number of carbonyl (C=O) groups excluding carboxylic acids is 2. The smallest absolute Gasteiger partial charge is 0.254 e. The van der Waals surface area contributed by atoms with E-state index in [4.69, 9.17) is 0 Å². The molecule has 0 bridgehead atoms. The van der Waals surface area contributed by atoms with E-state index in [1.165, 1.54) is 12.1 Å². The van der Waals surface area contributed by atoms with Gasteiger partial charge in [-0.2, -0.15) is 0 Å². The maximum Gasteiger partial charge on any atom is 0.254 e. The zero-order valence-electron chi connectivity index (χ0n) is 17.4. The first-order valence-electron chi connectivity index (χ1n) is 10.6. The monoisotopic (exact) mass is 417 g/mol. The first kappa shape index (κ1) is 19.7. The van der Waals surface area contributed by atoms with Gasteiger partial charge in [0.15, 0.2) is 0 Å². The van der Waals surface area contributed by atoms with Crippen LogP contribution in [-0.4, -0.2) is 52.3 Å². The van der Waals surface area contributed by atoms with Crippen LogP contribution in [-0.2, 0) is 4.79 Å². The van der Waals surface area contributed by atoms with Gasteiger partial charge in [-0.3, -0.25) is 14.6 Å². The summed E-state index contributed by atoms with van der Waals surface area (Å²) in [6.45, 7) is 0.950. The maximum atomic E-state index is 13.6. The number of amides is 2. The standard InChI is InChI=1S/C25H24FN3O2/c1-28-23(30)8-3-13-25(28)16-29(15-21(25)17-9-11-18(26)12-10-17)24(31)20-5-2-7-22-19(20)6-4-14-27-22/h2,4-7,9-12,14,21H,3,8,13,15-16H2,1H3/t21-,25+/m0/s1. The zero-order valence-corrected chi connectivity index (χ0v) is 17.4. The Bertz CT molecular complexity index is 1160. The molecule has 2 aliphatic heterocycles. The highest BCUT2D eigenvalue weighted by Gasteiger charge is 2.53. The third kappa shape index (κ3) is 3.17. The van der Waals surface area contributed by atoms with Gasteiger partial charge < -0.3 is 9.80 Å².